The van der Waals surface area contributed by atoms with Crippen LogP contribution in [0.4, 0.5) is 5.69 Å². The van der Waals surface area contributed by atoms with E-state index in [1.54, 1.807) is 22.9 Å². The Labute approximate surface area is 114 Å². The van der Waals surface area contributed by atoms with Gasteiger partial charge in [-0.2, -0.15) is 0 Å². The van der Waals surface area contributed by atoms with E-state index in [0.29, 0.717) is 28.1 Å². The fourth-order valence-corrected chi connectivity index (χ4v) is 2.18. The van der Waals surface area contributed by atoms with Crippen LogP contribution in [0.2, 0.25) is 0 Å². The van der Waals surface area contributed by atoms with Crippen LogP contribution in [-0.2, 0) is 0 Å². The molecule has 0 aliphatic carbocycles. The lowest BCUT2D eigenvalue weighted by Crippen LogP contribution is -2.26. The number of hydrogen-bond donors (Lipinski definition) is 1. The second kappa shape index (κ2) is 4.48. The molecule has 3 aromatic heterocycles. The largest absolute Gasteiger partial charge is 0.472 e. The number of nitrogen functional groups attached to an aromatic ring is 1. The summed E-state index contributed by atoms with van der Waals surface area (Å²) in [5.74, 6) is 0. The van der Waals surface area contributed by atoms with Crippen molar-refractivity contribution in [3.63, 3.8) is 0 Å². The Bertz CT molecular complexity index is 819. The van der Waals surface area contributed by atoms with Gasteiger partial charge in [0, 0.05) is 17.8 Å². The fraction of sp³-hybridized carbons (Fsp3) is 0.214. The van der Waals surface area contributed by atoms with Crippen molar-refractivity contribution in [1.29, 1.82) is 0 Å². The molecule has 0 fully saturated rings. The molecule has 0 bridgehead atoms. The van der Waals surface area contributed by atoms with Crippen LogP contribution in [0.1, 0.15) is 19.9 Å². The summed E-state index contributed by atoms with van der Waals surface area (Å²) in [7, 11) is 0. The first-order valence-electron chi connectivity index (χ1n) is 6.29. The van der Waals surface area contributed by atoms with E-state index in [2.05, 4.69) is 9.97 Å². The van der Waals surface area contributed by atoms with Crippen LogP contribution in [0.5, 0.6) is 0 Å². The summed E-state index contributed by atoms with van der Waals surface area (Å²) >= 11 is 0. The van der Waals surface area contributed by atoms with Gasteiger partial charge >= 0.3 is 0 Å². The Morgan fingerprint density at radius 3 is 2.80 bits per heavy atom. The molecular weight excluding hydrogens is 256 g/mol. The molecule has 0 atom stereocenters. The van der Waals surface area contributed by atoms with E-state index in [1.165, 1.54) is 12.5 Å². The third-order valence-corrected chi connectivity index (χ3v) is 3.12. The van der Waals surface area contributed by atoms with Gasteiger partial charge in [0.25, 0.3) is 5.56 Å². The predicted octanol–water partition coefficient (Wildman–Crippen LogP) is 2.21. The Morgan fingerprint density at radius 2 is 2.15 bits per heavy atom. The first-order chi connectivity index (χ1) is 9.59. The van der Waals surface area contributed by atoms with E-state index in [-0.39, 0.29) is 11.6 Å². The van der Waals surface area contributed by atoms with Crippen LogP contribution in [0.3, 0.4) is 0 Å². The minimum Gasteiger partial charge on any atom is -0.472 e. The first kappa shape index (κ1) is 12.4. The van der Waals surface area contributed by atoms with Crippen LogP contribution in [0, 0.1) is 0 Å². The van der Waals surface area contributed by atoms with Crippen molar-refractivity contribution in [2.45, 2.75) is 19.9 Å². The lowest BCUT2D eigenvalue weighted by molar-refractivity contribution is 0.567. The standard InChI is InChI=1S/C14H14N4O2/c1-8(2)18-13-12(10(15)3-5-16-13)17-11(14(18)19)9-4-6-20-7-9/h3-8H,1-2H3,(H2,15,16). The van der Waals surface area contributed by atoms with Gasteiger partial charge in [-0.1, -0.05) is 0 Å². The summed E-state index contributed by atoms with van der Waals surface area (Å²) in [6.45, 7) is 3.84. The summed E-state index contributed by atoms with van der Waals surface area (Å²) in [4.78, 5) is 21.2. The van der Waals surface area contributed by atoms with Crippen molar-refractivity contribution in [2.24, 2.45) is 0 Å². The van der Waals surface area contributed by atoms with Gasteiger partial charge in [0.15, 0.2) is 5.65 Å². The molecule has 0 spiro atoms. The van der Waals surface area contributed by atoms with Crippen LogP contribution in [0.25, 0.3) is 22.4 Å². The van der Waals surface area contributed by atoms with E-state index < -0.39 is 0 Å². The third-order valence-electron chi connectivity index (χ3n) is 3.12. The molecule has 0 aromatic carbocycles. The molecule has 0 aliphatic heterocycles. The number of nitrogens with two attached hydrogens (primary N) is 1. The van der Waals surface area contributed by atoms with Gasteiger partial charge in [-0.25, -0.2) is 9.97 Å². The number of anilines is 1. The lowest BCUT2D eigenvalue weighted by atomic mass is 10.2. The summed E-state index contributed by atoms with van der Waals surface area (Å²) < 4.78 is 6.63. The highest BCUT2D eigenvalue weighted by Gasteiger charge is 2.17. The summed E-state index contributed by atoms with van der Waals surface area (Å²) in [6.07, 6.45) is 4.58. The Kier molecular flexibility index (Phi) is 2.78. The van der Waals surface area contributed by atoms with Crippen LogP contribution in [0.15, 0.2) is 40.1 Å². The highest BCUT2D eigenvalue weighted by Crippen LogP contribution is 2.22. The average Bonchev–Trinajstić information content (AvgIpc) is 2.91. The highest BCUT2D eigenvalue weighted by atomic mass is 16.3. The topological polar surface area (TPSA) is 86.9 Å². The fourth-order valence-electron chi connectivity index (χ4n) is 2.18. The second-order valence-electron chi connectivity index (χ2n) is 4.81. The van der Waals surface area contributed by atoms with Gasteiger partial charge in [-0.05, 0) is 26.0 Å². The predicted molar refractivity (Wildman–Crippen MR) is 76.3 cm³/mol. The van der Waals surface area contributed by atoms with Crippen molar-refractivity contribution in [1.82, 2.24) is 14.5 Å². The zero-order chi connectivity index (χ0) is 14.3. The van der Waals surface area contributed by atoms with Gasteiger partial charge < -0.3 is 10.2 Å². The van der Waals surface area contributed by atoms with Gasteiger partial charge in [0.1, 0.15) is 11.2 Å². The molecule has 0 amide bonds. The van der Waals surface area contributed by atoms with Crippen molar-refractivity contribution in [3.05, 3.63) is 41.2 Å². The Morgan fingerprint density at radius 1 is 1.35 bits per heavy atom. The molecule has 102 valence electrons. The van der Waals surface area contributed by atoms with Gasteiger partial charge in [-0.15, -0.1) is 0 Å². The van der Waals surface area contributed by atoms with E-state index in [1.807, 2.05) is 13.8 Å². The molecule has 3 aromatic rings. The minimum atomic E-state index is -0.202. The number of fused-ring (bicyclic) bond motifs is 1. The lowest BCUT2D eigenvalue weighted by Gasteiger charge is -2.14. The zero-order valence-electron chi connectivity index (χ0n) is 11.2. The highest BCUT2D eigenvalue weighted by molar-refractivity contribution is 5.85. The monoisotopic (exact) mass is 270 g/mol. The average molecular weight is 270 g/mol. The van der Waals surface area contributed by atoms with E-state index in [0.717, 1.165) is 0 Å². The Hall–Kier alpha value is -2.63. The summed E-state index contributed by atoms with van der Waals surface area (Å²) in [6, 6.07) is 3.32. The summed E-state index contributed by atoms with van der Waals surface area (Å²) in [5, 5.41) is 0. The molecule has 2 N–H and O–H groups in total. The van der Waals surface area contributed by atoms with E-state index in [9.17, 15) is 4.79 Å². The number of rotatable bonds is 2. The molecule has 3 heterocycles. The number of nitrogens with zero attached hydrogens (tertiary/aromatic N) is 3. The minimum absolute atomic E-state index is 0.0482. The van der Waals surface area contributed by atoms with E-state index >= 15 is 0 Å². The molecule has 0 saturated heterocycles. The number of pyridine rings is 1. The number of furan rings is 1. The maximum absolute atomic E-state index is 12.6. The Balaban J connectivity index is 2.47. The van der Waals surface area contributed by atoms with Crippen molar-refractivity contribution < 1.29 is 4.42 Å². The first-order valence-corrected chi connectivity index (χ1v) is 6.29. The molecule has 3 rings (SSSR count). The number of hydrogen-bond acceptors (Lipinski definition) is 5. The van der Waals surface area contributed by atoms with Crippen molar-refractivity contribution >= 4 is 16.9 Å². The molecule has 6 nitrogen and oxygen atoms in total. The molecule has 0 radical (unpaired) electrons. The van der Waals surface area contributed by atoms with Crippen LogP contribution in [-0.4, -0.2) is 14.5 Å². The molecule has 0 saturated carbocycles. The van der Waals surface area contributed by atoms with Crippen molar-refractivity contribution in [3.8, 4) is 11.3 Å². The molecule has 0 unspecified atom stereocenters. The SMILES string of the molecule is CC(C)n1c(=O)c(-c2ccoc2)nc2c(N)ccnc21. The maximum atomic E-state index is 12.6. The second-order valence-corrected chi connectivity index (χ2v) is 4.81. The van der Waals surface area contributed by atoms with Gasteiger partial charge in [-0.3, -0.25) is 9.36 Å². The quantitative estimate of drug-likeness (QED) is 0.771. The normalized spacial score (nSPS) is 11.3. The number of aromatic nitrogens is 3. The molecule has 6 heteroatoms. The summed E-state index contributed by atoms with van der Waals surface area (Å²) in [5.41, 5.74) is 8.22. The van der Waals surface area contributed by atoms with Crippen LogP contribution >= 0.6 is 0 Å². The molecule has 20 heavy (non-hydrogen) atoms. The third kappa shape index (κ3) is 1.77. The zero-order valence-corrected chi connectivity index (χ0v) is 11.2. The van der Waals surface area contributed by atoms with Crippen molar-refractivity contribution in [2.75, 3.05) is 5.73 Å². The van der Waals surface area contributed by atoms with E-state index in [4.69, 9.17) is 10.2 Å². The molecular formula is C14H14N4O2. The maximum Gasteiger partial charge on any atom is 0.279 e. The molecule has 0 aliphatic rings. The van der Waals surface area contributed by atoms with Gasteiger partial charge in [0.05, 0.1) is 18.2 Å². The van der Waals surface area contributed by atoms with Gasteiger partial charge in [0.2, 0.25) is 0 Å². The van der Waals surface area contributed by atoms with Crippen LogP contribution < -0.4 is 11.3 Å². The smallest absolute Gasteiger partial charge is 0.279 e.